The van der Waals surface area contributed by atoms with Crippen molar-refractivity contribution >= 4 is 0 Å². The maximum Gasteiger partial charge on any atom is 0.369 e. The van der Waals surface area contributed by atoms with Gasteiger partial charge in [-0.15, -0.1) is 4.68 Å². The second-order valence-electron chi connectivity index (χ2n) is 6.11. The highest BCUT2D eigenvalue weighted by atomic mass is 16.5. The monoisotopic (exact) mass is 340 g/mol. The fourth-order valence-corrected chi connectivity index (χ4v) is 2.70. The molecule has 1 aromatic carbocycles. The molecule has 1 aliphatic carbocycles. The van der Waals surface area contributed by atoms with Gasteiger partial charge in [0.05, 0.1) is 12.6 Å². The zero-order valence-corrected chi connectivity index (χ0v) is 14.0. The molecule has 0 spiro atoms. The number of para-hydroxylation sites is 1. The van der Waals surface area contributed by atoms with Gasteiger partial charge in [-0.1, -0.05) is 18.2 Å². The third kappa shape index (κ3) is 2.90. The second kappa shape index (κ2) is 6.12. The lowest BCUT2D eigenvalue weighted by molar-refractivity contribution is 0.301. The maximum atomic E-state index is 12.3. The summed E-state index contributed by atoms with van der Waals surface area (Å²) in [5.74, 6) is 1.44. The first-order valence-electron chi connectivity index (χ1n) is 8.58. The van der Waals surface area contributed by atoms with Crippen LogP contribution in [0.25, 0.3) is 5.82 Å². The van der Waals surface area contributed by atoms with E-state index < -0.39 is 0 Å². The van der Waals surface area contributed by atoms with Crippen molar-refractivity contribution in [3.05, 3.63) is 57.9 Å². The molecule has 0 aliphatic heterocycles. The number of benzene rings is 1. The van der Waals surface area contributed by atoms with Crippen LogP contribution in [0.15, 0.2) is 35.4 Å². The van der Waals surface area contributed by atoms with Gasteiger partial charge < -0.3 is 4.74 Å². The van der Waals surface area contributed by atoms with Gasteiger partial charge in [0, 0.05) is 13.0 Å². The van der Waals surface area contributed by atoms with Crippen LogP contribution in [-0.4, -0.2) is 29.8 Å². The van der Waals surface area contributed by atoms with E-state index in [1.807, 2.05) is 6.92 Å². The van der Waals surface area contributed by atoms with Crippen LogP contribution in [0.1, 0.15) is 37.0 Å². The SMILES string of the molecule is [3H]c1ccc(OCc2c(C3CC3)ncnc2-n2nnn(C)c2=O)c(C)c1. The molecule has 128 valence electrons. The van der Waals surface area contributed by atoms with Crippen LogP contribution < -0.4 is 10.4 Å². The Morgan fingerprint density at radius 1 is 1.32 bits per heavy atom. The van der Waals surface area contributed by atoms with Crippen LogP contribution in [0.4, 0.5) is 0 Å². The van der Waals surface area contributed by atoms with Gasteiger partial charge in [0.25, 0.3) is 0 Å². The number of aromatic nitrogens is 6. The normalized spacial score (nSPS) is 14.4. The van der Waals surface area contributed by atoms with E-state index in [2.05, 4.69) is 20.4 Å². The molecule has 1 fully saturated rings. The van der Waals surface area contributed by atoms with Crippen LogP contribution in [0, 0.1) is 6.92 Å². The van der Waals surface area contributed by atoms with Crippen LogP contribution >= 0.6 is 0 Å². The summed E-state index contributed by atoms with van der Waals surface area (Å²) in [6.07, 6.45) is 3.57. The Bertz CT molecular complexity index is 1020. The van der Waals surface area contributed by atoms with E-state index in [1.165, 1.54) is 18.1 Å². The molecule has 8 heteroatoms. The minimum Gasteiger partial charge on any atom is -0.488 e. The molecule has 1 aliphatic rings. The van der Waals surface area contributed by atoms with Gasteiger partial charge in [-0.3, -0.25) is 0 Å². The molecule has 25 heavy (non-hydrogen) atoms. The number of nitrogens with zero attached hydrogens (tertiary/aromatic N) is 6. The van der Waals surface area contributed by atoms with E-state index in [-0.39, 0.29) is 12.3 Å². The van der Waals surface area contributed by atoms with Crippen LogP contribution in [0.3, 0.4) is 0 Å². The van der Waals surface area contributed by atoms with Crippen molar-refractivity contribution < 1.29 is 6.11 Å². The van der Waals surface area contributed by atoms with Crippen molar-refractivity contribution in [3.63, 3.8) is 0 Å². The largest absolute Gasteiger partial charge is 0.488 e. The zero-order chi connectivity index (χ0) is 18.3. The second-order valence-corrected chi connectivity index (χ2v) is 6.11. The molecule has 0 amide bonds. The average Bonchev–Trinajstić information content (AvgIpc) is 3.41. The van der Waals surface area contributed by atoms with E-state index in [1.54, 1.807) is 18.2 Å². The molecular formula is C17H18N6O2. The van der Waals surface area contributed by atoms with Crippen molar-refractivity contribution in [3.8, 4) is 11.6 Å². The van der Waals surface area contributed by atoms with Crippen LogP contribution in [-0.2, 0) is 13.7 Å². The summed E-state index contributed by atoms with van der Waals surface area (Å²) in [7, 11) is 1.54. The summed E-state index contributed by atoms with van der Waals surface area (Å²) in [5, 5.41) is 7.66. The zero-order valence-electron chi connectivity index (χ0n) is 15.0. The number of hydrogen-bond donors (Lipinski definition) is 0. The smallest absolute Gasteiger partial charge is 0.369 e. The highest BCUT2D eigenvalue weighted by molar-refractivity contribution is 5.39. The summed E-state index contributed by atoms with van der Waals surface area (Å²) in [4.78, 5) is 21.0. The molecule has 2 aromatic heterocycles. The number of hydrogen-bond acceptors (Lipinski definition) is 6. The first kappa shape index (κ1) is 14.3. The summed E-state index contributed by atoms with van der Waals surface area (Å²) < 4.78 is 16.0. The van der Waals surface area contributed by atoms with E-state index in [0.29, 0.717) is 23.5 Å². The van der Waals surface area contributed by atoms with Crippen molar-refractivity contribution in [1.82, 2.24) is 29.8 Å². The first-order chi connectivity index (χ1) is 12.5. The molecular weight excluding hydrogens is 320 g/mol. The molecule has 4 rings (SSSR count). The average molecular weight is 340 g/mol. The number of rotatable bonds is 5. The van der Waals surface area contributed by atoms with Gasteiger partial charge in [0.1, 0.15) is 18.7 Å². The van der Waals surface area contributed by atoms with E-state index >= 15 is 0 Å². The standard InChI is InChI=1S/C17H18N6O2/c1-11-5-3-4-6-14(11)25-9-13-15(12-7-8-12)18-10-19-16(13)23-17(24)22(2)20-21-23/h3-6,10,12H,7-9H2,1-2H3/i3T. The Morgan fingerprint density at radius 3 is 2.84 bits per heavy atom. The summed E-state index contributed by atoms with van der Waals surface area (Å²) in [5.41, 5.74) is 2.14. The predicted octanol–water partition coefficient (Wildman–Crippen LogP) is 1.52. The Morgan fingerprint density at radius 2 is 2.16 bits per heavy atom. The van der Waals surface area contributed by atoms with E-state index in [9.17, 15) is 4.79 Å². The van der Waals surface area contributed by atoms with Gasteiger partial charge in [-0.05, 0) is 41.8 Å². The quantitative estimate of drug-likeness (QED) is 0.700. The lowest BCUT2D eigenvalue weighted by Crippen LogP contribution is -2.24. The third-order valence-electron chi connectivity index (χ3n) is 4.23. The highest BCUT2D eigenvalue weighted by Gasteiger charge is 2.30. The molecule has 0 atom stereocenters. The molecule has 0 saturated heterocycles. The van der Waals surface area contributed by atoms with Crippen molar-refractivity contribution in [2.75, 3.05) is 0 Å². The number of ether oxygens (including phenoxy) is 1. The number of tetrazole rings is 1. The predicted molar refractivity (Wildman–Crippen MR) is 89.7 cm³/mol. The van der Waals surface area contributed by atoms with Crippen molar-refractivity contribution in [2.45, 2.75) is 32.3 Å². The molecule has 2 heterocycles. The maximum absolute atomic E-state index is 12.3. The van der Waals surface area contributed by atoms with Crippen molar-refractivity contribution in [1.29, 1.82) is 0 Å². The summed E-state index contributed by atoms with van der Waals surface area (Å²) in [6, 6.07) is 5.63. The molecule has 0 bridgehead atoms. The summed E-state index contributed by atoms with van der Waals surface area (Å²) in [6.45, 7) is 2.11. The van der Waals surface area contributed by atoms with E-state index in [4.69, 9.17) is 6.11 Å². The number of aryl methyl sites for hydroxylation is 2. The Labute approximate surface area is 145 Å². The molecule has 1 saturated carbocycles. The van der Waals surface area contributed by atoms with Crippen LogP contribution in [0.5, 0.6) is 5.75 Å². The molecule has 0 unspecified atom stereocenters. The fraction of sp³-hybridized carbons (Fsp3) is 0.353. The highest BCUT2D eigenvalue weighted by Crippen LogP contribution is 2.41. The molecule has 0 radical (unpaired) electrons. The Hall–Kier alpha value is -3.03. The van der Waals surface area contributed by atoms with Gasteiger partial charge in [-0.25, -0.2) is 14.8 Å². The fourth-order valence-electron chi connectivity index (χ4n) is 2.70. The minimum atomic E-state index is -0.374. The first-order valence-corrected chi connectivity index (χ1v) is 8.08. The Kier molecular flexibility index (Phi) is 3.51. The van der Waals surface area contributed by atoms with Gasteiger partial charge in [-0.2, -0.15) is 4.68 Å². The lowest BCUT2D eigenvalue weighted by Gasteiger charge is -2.14. The molecule has 0 N–H and O–H groups in total. The molecule has 3 aromatic rings. The van der Waals surface area contributed by atoms with Gasteiger partial charge in [0.2, 0.25) is 0 Å². The van der Waals surface area contributed by atoms with Gasteiger partial charge >= 0.3 is 5.69 Å². The topological polar surface area (TPSA) is 87.7 Å². The molecule has 8 nitrogen and oxygen atoms in total. The lowest BCUT2D eigenvalue weighted by atomic mass is 10.1. The third-order valence-corrected chi connectivity index (χ3v) is 4.23. The van der Waals surface area contributed by atoms with Crippen molar-refractivity contribution in [2.24, 2.45) is 7.05 Å². The minimum absolute atomic E-state index is 0.212. The Balaban J connectivity index is 1.73. The van der Waals surface area contributed by atoms with Gasteiger partial charge in [0.15, 0.2) is 5.82 Å². The van der Waals surface area contributed by atoms with E-state index in [0.717, 1.165) is 34.3 Å². The summed E-state index contributed by atoms with van der Waals surface area (Å²) >= 11 is 0. The van der Waals surface area contributed by atoms with Crippen LogP contribution in [0.2, 0.25) is 0 Å².